The summed E-state index contributed by atoms with van der Waals surface area (Å²) >= 11 is 3.28. The van der Waals surface area contributed by atoms with E-state index in [-0.39, 0.29) is 17.0 Å². The first-order valence-corrected chi connectivity index (χ1v) is 9.88. The monoisotopic (exact) mass is 505 g/mol. The third-order valence-electron chi connectivity index (χ3n) is 4.23. The van der Waals surface area contributed by atoms with Crippen LogP contribution in [0.15, 0.2) is 77.3 Å². The molecule has 3 aromatic carbocycles. The first kappa shape index (κ1) is 23.0. The summed E-state index contributed by atoms with van der Waals surface area (Å²) in [5.74, 6) is -2.01. The smallest absolute Gasteiger partial charge is 0.322 e. The summed E-state index contributed by atoms with van der Waals surface area (Å²) < 4.78 is 39.2. The van der Waals surface area contributed by atoms with Crippen molar-refractivity contribution in [2.75, 3.05) is 5.32 Å². The average Bonchev–Trinajstić information content (AvgIpc) is 2.77. The van der Waals surface area contributed by atoms with Crippen LogP contribution >= 0.6 is 15.9 Å². The standard InChI is InChI=1S/C22H15BrF3N3O3/c23-17-9-7-13(8-10-17)19(30)27-18-6-2-4-15(12-18)21(32)29-28-20(31)14-3-1-5-16(11-14)22(24,25)26/h1-12H,(H,27,30)(H,28,31)(H,29,32). The van der Waals surface area contributed by atoms with Gasteiger partial charge in [-0.15, -0.1) is 0 Å². The number of nitrogens with one attached hydrogen (secondary N) is 3. The highest BCUT2D eigenvalue weighted by atomic mass is 79.9. The second-order valence-corrected chi connectivity index (χ2v) is 7.44. The molecule has 0 unspecified atom stereocenters. The van der Waals surface area contributed by atoms with Gasteiger partial charge in [0.15, 0.2) is 0 Å². The first-order chi connectivity index (χ1) is 15.1. The van der Waals surface area contributed by atoms with Gasteiger partial charge in [0.2, 0.25) is 0 Å². The lowest BCUT2D eigenvalue weighted by molar-refractivity contribution is -0.137. The van der Waals surface area contributed by atoms with Gasteiger partial charge >= 0.3 is 6.18 Å². The van der Waals surface area contributed by atoms with Crippen molar-refractivity contribution in [3.63, 3.8) is 0 Å². The molecule has 0 aliphatic rings. The summed E-state index contributed by atoms with van der Waals surface area (Å²) in [4.78, 5) is 36.7. The molecule has 0 saturated carbocycles. The topological polar surface area (TPSA) is 87.3 Å². The summed E-state index contributed by atoms with van der Waals surface area (Å²) in [6, 6.07) is 16.4. The van der Waals surface area contributed by atoms with Crippen LogP contribution in [0.25, 0.3) is 0 Å². The Labute approximate surface area is 188 Å². The number of rotatable bonds is 4. The van der Waals surface area contributed by atoms with E-state index in [2.05, 4.69) is 32.1 Å². The van der Waals surface area contributed by atoms with Crippen LogP contribution in [0.1, 0.15) is 36.6 Å². The Morgan fingerprint density at radius 2 is 1.25 bits per heavy atom. The molecular weight excluding hydrogens is 491 g/mol. The second kappa shape index (κ2) is 9.65. The predicted octanol–water partition coefficient (Wildman–Crippen LogP) is 4.80. The van der Waals surface area contributed by atoms with Crippen molar-refractivity contribution in [2.45, 2.75) is 6.18 Å². The van der Waals surface area contributed by atoms with E-state index >= 15 is 0 Å². The number of carbonyl (C=O) groups excluding carboxylic acids is 3. The summed E-state index contributed by atoms with van der Waals surface area (Å²) in [5, 5.41) is 2.66. The molecule has 0 aliphatic carbocycles. The van der Waals surface area contributed by atoms with E-state index in [9.17, 15) is 27.6 Å². The van der Waals surface area contributed by atoms with Gasteiger partial charge < -0.3 is 5.32 Å². The first-order valence-electron chi connectivity index (χ1n) is 9.08. The number of carbonyl (C=O) groups is 3. The van der Waals surface area contributed by atoms with Gasteiger partial charge in [-0.05, 0) is 60.7 Å². The number of halogens is 4. The molecule has 3 amide bonds. The minimum atomic E-state index is -4.60. The second-order valence-electron chi connectivity index (χ2n) is 6.53. The highest BCUT2D eigenvalue weighted by Crippen LogP contribution is 2.29. The van der Waals surface area contributed by atoms with Gasteiger partial charge in [0.1, 0.15) is 0 Å². The van der Waals surface area contributed by atoms with Crippen molar-refractivity contribution in [1.82, 2.24) is 10.9 Å². The van der Waals surface area contributed by atoms with Gasteiger partial charge in [-0.2, -0.15) is 13.2 Å². The zero-order valence-electron chi connectivity index (χ0n) is 16.2. The molecule has 0 spiro atoms. The van der Waals surface area contributed by atoms with Crippen LogP contribution in [0.5, 0.6) is 0 Å². The van der Waals surface area contributed by atoms with Crippen molar-refractivity contribution in [3.8, 4) is 0 Å². The van der Waals surface area contributed by atoms with E-state index in [1.54, 1.807) is 30.3 Å². The molecule has 0 fully saturated rings. The maximum absolute atomic E-state index is 12.8. The molecule has 3 aromatic rings. The number of hydrazine groups is 1. The van der Waals surface area contributed by atoms with Crippen LogP contribution in [0, 0.1) is 0 Å². The SMILES string of the molecule is O=C(NNC(=O)c1cccc(C(F)(F)F)c1)c1cccc(NC(=O)c2ccc(Br)cc2)c1. The van der Waals surface area contributed by atoms with E-state index in [0.29, 0.717) is 17.3 Å². The molecule has 164 valence electrons. The molecule has 6 nitrogen and oxygen atoms in total. The Kier molecular flexibility index (Phi) is 6.94. The van der Waals surface area contributed by atoms with Crippen LogP contribution in [0.2, 0.25) is 0 Å². The number of hydrogen-bond acceptors (Lipinski definition) is 3. The highest BCUT2D eigenvalue weighted by molar-refractivity contribution is 9.10. The zero-order chi connectivity index (χ0) is 23.3. The number of benzene rings is 3. The van der Waals surface area contributed by atoms with Gasteiger partial charge in [0.25, 0.3) is 17.7 Å². The highest BCUT2D eigenvalue weighted by Gasteiger charge is 2.30. The van der Waals surface area contributed by atoms with E-state index in [1.807, 2.05) is 0 Å². The van der Waals surface area contributed by atoms with Crippen LogP contribution in [0.4, 0.5) is 18.9 Å². The fraction of sp³-hybridized carbons (Fsp3) is 0.0455. The van der Waals surface area contributed by atoms with Crippen LogP contribution in [0.3, 0.4) is 0 Å². The fourth-order valence-electron chi connectivity index (χ4n) is 2.64. The van der Waals surface area contributed by atoms with Gasteiger partial charge in [-0.1, -0.05) is 28.1 Å². The van der Waals surface area contributed by atoms with Gasteiger partial charge in [-0.3, -0.25) is 25.2 Å². The molecular formula is C22H15BrF3N3O3. The molecule has 0 aliphatic heterocycles. The van der Waals surface area contributed by atoms with E-state index in [0.717, 1.165) is 16.6 Å². The number of anilines is 1. The van der Waals surface area contributed by atoms with Crippen LogP contribution in [-0.2, 0) is 6.18 Å². The molecule has 0 saturated heterocycles. The molecule has 0 atom stereocenters. The predicted molar refractivity (Wildman–Crippen MR) is 115 cm³/mol. The normalized spacial score (nSPS) is 10.9. The third-order valence-corrected chi connectivity index (χ3v) is 4.76. The van der Waals surface area contributed by atoms with Gasteiger partial charge in [-0.25, -0.2) is 0 Å². The maximum atomic E-state index is 12.8. The van der Waals surface area contributed by atoms with E-state index < -0.39 is 23.6 Å². The Morgan fingerprint density at radius 1 is 0.688 bits per heavy atom. The summed E-state index contributed by atoms with van der Waals surface area (Å²) in [6.07, 6.45) is -4.60. The van der Waals surface area contributed by atoms with Crippen molar-refractivity contribution in [3.05, 3.63) is 99.5 Å². The maximum Gasteiger partial charge on any atom is 0.416 e. The molecule has 0 aromatic heterocycles. The molecule has 32 heavy (non-hydrogen) atoms. The number of hydrogen-bond donors (Lipinski definition) is 3. The molecule has 3 N–H and O–H groups in total. The summed E-state index contributed by atoms with van der Waals surface area (Å²) in [5.41, 5.74) is 3.83. The Balaban J connectivity index is 1.63. The molecule has 3 rings (SSSR count). The Morgan fingerprint density at radius 3 is 1.84 bits per heavy atom. The van der Waals surface area contributed by atoms with Gasteiger partial charge in [0.05, 0.1) is 5.56 Å². The van der Waals surface area contributed by atoms with Crippen molar-refractivity contribution in [2.24, 2.45) is 0 Å². The number of alkyl halides is 3. The van der Waals surface area contributed by atoms with Crippen LogP contribution in [-0.4, -0.2) is 17.7 Å². The molecule has 0 bridgehead atoms. The lowest BCUT2D eigenvalue weighted by Gasteiger charge is -2.11. The minimum absolute atomic E-state index is 0.114. The Bertz CT molecular complexity index is 1160. The lowest BCUT2D eigenvalue weighted by atomic mass is 10.1. The third kappa shape index (κ3) is 5.94. The van der Waals surface area contributed by atoms with Gasteiger partial charge in [0, 0.05) is 26.9 Å². The minimum Gasteiger partial charge on any atom is -0.322 e. The van der Waals surface area contributed by atoms with Crippen molar-refractivity contribution in [1.29, 1.82) is 0 Å². The Hall–Kier alpha value is -3.66. The van der Waals surface area contributed by atoms with Crippen molar-refractivity contribution < 1.29 is 27.6 Å². The average molecular weight is 506 g/mol. The number of amides is 3. The summed E-state index contributed by atoms with van der Waals surface area (Å²) in [7, 11) is 0. The van der Waals surface area contributed by atoms with E-state index in [4.69, 9.17) is 0 Å². The fourth-order valence-corrected chi connectivity index (χ4v) is 2.90. The van der Waals surface area contributed by atoms with E-state index in [1.165, 1.54) is 24.3 Å². The largest absolute Gasteiger partial charge is 0.416 e. The van der Waals surface area contributed by atoms with Crippen molar-refractivity contribution >= 4 is 39.3 Å². The zero-order valence-corrected chi connectivity index (χ0v) is 17.8. The summed E-state index contributed by atoms with van der Waals surface area (Å²) in [6.45, 7) is 0. The quantitative estimate of drug-likeness (QED) is 0.445. The lowest BCUT2D eigenvalue weighted by Crippen LogP contribution is -2.41. The molecule has 0 radical (unpaired) electrons. The molecule has 10 heteroatoms. The van der Waals surface area contributed by atoms with Crippen LogP contribution < -0.4 is 16.2 Å². The molecule has 0 heterocycles.